The summed E-state index contributed by atoms with van der Waals surface area (Å²) in [6.45, 7) is 14.6. The number of rotatable bonds is 5. The fourth-order valence-corrected chi connectivity index (χ4v) is 14.8. The van der Waals surface area contributed by atoms with Crippen LogP contribution >= 0.6 is 22.7 Å². The Bertz CT molecular complexity index is 513. The summed E-state index contributed by atoms with van der Waals surface area (Å²) in [7, 11) is -1.47. The lowest BCUT2D eigenvalue weighted by atomic mass is 10.4. The molecule has 0 saturated heterocycles. The van der Waals surface area contributed by atoms with Crippen molar-refractivity contribution < 1.29 is 0 Å². The summed E-state index contributed by atoms with van der Waals surface area (Å²) in [6.07, 6.45) is 0. The van der Waals surface area contributed by atoms with Gasteiger partial charge in [0.1, 0.15) is 8.07 Å². The van der Waals surface area contributed by atoms with Gasteiger partial charge in [0.2, 0.25) is 0 Å². The monoisotopic (exact) mass is 322 g/mol. The SMILES string of the molecule is CC(C)[Si](c1ccc(-c2cccs2)s1)(C(C)C)C(C)C. The third-order valence-corrected chi connectivity index (χ3v) is 14.7. The van der Waals surface area contributed by atoms with Crippen molar-refractivity contribution in [3.63, 3.8) is 0 Å². The highest BCUT2D eigenvalue weighted by Gasteiger charge is 2.45. The van der Waals surface area contributed by atoms with E-state index in [1.807, 2.05) is 11.3 Å². The van der Waals surface area contributed by atoms with Gasteiger partial charge in [-0.3, -0.25) is 0 Å². The van der Waals surface area contributed by atoms with Gasteiger partial charge >= 0.3 is 0 Å². The zero-order chi connectivity index (χ0) is 14.9. The minimum Gasteiger partial charge on any atom is -0.144 e. The first-order valence-electron chi connectivity index (χ1n) is 7.54. The highest BCUT2D eigenvalue weighted by molar-refractivity contribution is 7.31. The lowest BCUT2D eigenvalue weighted by molar-refractivity contribution is 0.837. The molecule has 2 aromatic heterocycles. The molecule has 3 heteroatoms. The van der Waals surface area contributed by atoms with E-state index in [4.69, 9.17) is 0 Å². The van der Waals surface area contributed by atoms with E-state index in [9.17, 15) is 0 Å². The van der Waals surface area contributed by atoms with Crippen molar-refractivity contribution in [1.29, 1.82) is 0 Å². The predicted octanol–water partition coefficient (Wildman–Crippen LogP) is 6.36. The van der Waals surface area contributed by atoms with Gasteiger partial charge in [-0.1, -0.05) is 53.7 Å². The van der Waals surface area contributed by atoms with Crippen LogP contribution in [0.3, 0.4) is 0 Å². The molecule has 0 saturated carbocycles. The van der Waals surface area contributed by atoms with Crippen LogP contribution in [0.5, 0.6) is 0 Å². The first-order valence-corrected chi connectivity index (χ1v) is 11.5. The van der Waals surface area contributed by atoms with Crippen molar-refractivity contribution in [3.05, 3.63) is 29.6 Å². The molecule has 0 amide bonds. The Hall–Kier alpha value is -0.383. The molecule has 0 nitrogen and oxygen atoms in total. The minimum atomic E-state index is -1.47. The topological polar surface area (TPSA) is 0 Å². The van der Waals surface area contributed by atoms with Gasteiger partial charge in [0.25, 0.3) is 0 Å². The van der Waals surface area contributed by atoms with Crippen LogP contribution in [0.25, 0.3) is 9.75 Å². The summed E-state index contributed by atoms with van der Waals surface area (Å²) in [5.74, 6) is 0. The first kappa shape index (κ1) is 16.0. The van der Waals surface area contributed by atoms with Gasteiger partial charge in [0.15, 0.2) is 0 Å². The Morgan fingerprint density at radius 3 is 1.85 bits per heavy atom. The number of thiophene rings is 2. The molecule has 0 aliphatic carbocycles. The van der Waals surface area contributed by atoms with Crippen LogP contribution in [0, 0.1) is 0 Å². The highest BCUT2D eigenvalue weighted by atomic mass is 32.1. The molecule has 110 valence electrons. The maximum atomic E-state index is 2.44. The molecule has 2 rings (SSSR count). The Labute approximate surface area is 132 Å². The molecule has 0 bridgehead atoms. The highest BCUT2D eigenvalue weighted by Crippen LogP contribution is 2.43. The summed E-state index contributed by atoms with van der Waals surface area (Å²) >= 11 is 3.91. The molecule has 0 fully saturated rings. The third kappa shape index (κ3) is 2.56. The summed E-state index contributed by atoms with van der Waals surface area (Å²) < 4.78 is 1.70. The number of hydrogen-bond acceptors (Lipinski definition) is 2. The summed E-state index contributed by atoms with van der Waals surface area (Å²) in [6, 6.07) is 9.17. The fourth-order valence-electron chi connectivity index (χ4n) is 3.98. The standard InChI is InChI=1S/C17H26S2Si/c1-12(2)20(13(3)4,14(5)6)17-10-9-16(19-17)15-8-7-11-18-15/h7-14H,1-6H3. The molecule has 0 N–H and O–H groups in total. The van der Waals surface area contributed by atoms with Gasteiger partial charge in [0, 0.05) is 9.75 Å². The van der Waals surface area contributed by atoms with Crippen molar-refractivity contribution in [2.75, 3.05) is 0 Å². The fraction of sp³-hybridized carbons (Fsp3) is 0.529. The van der Waals surface area contributed by atoms with E-state index in [0.29, 0.717) is 0 Å². The maximum Gasteiger partial charge on any atom is 0.107 e. The van der Waals surface area contributed by atoms with Crippen LogP contribution in [-0.2, 0) is 0 Å². The maximum absolute atomic E-state index is 2.44. The summed E-state index contributed by atoms with van der Waals surface area (Å²) in [4.78, 5) is 2.87. The van der Waals surface area contributed by atoms with Gasteiger partial charge in [0.05, 0.1) is 0 Å². The second-order valence-corrected chi connectivity index (χ2v) is 14.8. The molecule has 0 unspecified atom stereocenters. The molecule has 2 aromatic rings. The van der Waals surface area contributed by atoms with Gasteiger partial charge in [-0.15, -0.1) is 22.7 Å². The van der Waals surface area contributed by atoms with Crippen molar-refractivity contribution in [2.24, 2.45) is 0 Å². The van der Waals surface area contributed by atoms with Crippen LogP contribution in [0.2, 0.25) is 16.6 Å². The van der Waals surface area contributed by atoms with Crippen LogP contribution in [0.15, 0.2) is 29.6 Å². The Morgan fingerprint density at radius 1 is 0.800 bits per heavy atom. The van der Waals surface area contributed by atoms with Crippen molar-refractivity contribution in [2.45, 2.75) is 58.2 Å². The second kappa shape index (κ2) is 6.16. The predicted molar refractivity (Wildman–Crippen MR) is 98.3 cm³/mol. The van der Waals surface area contributed by atoms with Gasteiger partial charge in [-0.05, 0) is 38.6 Å². The largest absolute Gasteiger partial charge is 0.144 e. The second-order valence-electron chi connectivity index (χ2n) is 6.54. The van der Waals surface area contributed by atoms with E-state index in [1.54, 1.807) is 4.50 Å². The van der Waals surface area contributed by atoms with Crippen LogP contribution in [-0.4, -0.2) is 8.07 Å². The minimum absolute atomic E-state index is 0.789. The summed E-state index contributed by atoms with van der Waals surface area (Å²) in [5, 5.41) is 2.17. The van der Waals surface area contributed by atoms with E-state index in [0.717, 1.165) is 16.6 Å². The molecule has 20 heavy (non-hydrogen) atoms. The average Bonchev–Trinajstić information content (AvgIpc) is 2.97. The smallest absolute Gasteiger partial charge is 0.107 e. The average molecular weight is 323 g/mol. The number of hydrogen-bond donors (Lipinski definition) is 0. The van der Waals surface area contributed by atoms with E-state index in [-0.39, 0.29) is 0 Å². The zero-order valence-corrected chi connectivity index (χ0v) is 16.1. The molecule has 0 aliphatic heterocycles. The van der Waals surface area contributed by atoms with E-state index in [2.05, 4.69) is 82.5 Å². The molecule has 0 atom stereocenters. The molecule has 0 aliphatic rings. The van der Waals surface area contributed by atoms with Crippen molar-refractivity contribution >= 4 is 35.2 Å². The van der Waals surface area contributed by atoms with Crippen LogP contribution < -0.4 is 4.50 Å². The lowest BCUT2D eigenvalue weighted by Crippen LogP contribution is -2.54. The Kier molecular flexibility index (Phi) is 4.93. The summed E-state index contributed by atoms with van der Waals surface area (Å²) in [5.41, 5.74) is 2.37. The van der Waals surface area contributed by atoms with Gasteiger partial charge in [-0.25, -0.2) is 0 Å². The molecular formula is C17H26S2Si. The molecule has 2 heterocycles. The molecule has 0 spiro atoms. The van der Waals surface area contributed by atoms with Crippen LogP contribution in [0.1, 0.15) is 41.5 Å². The molecule has 0 radical (unpaired) electrons. The Balaban J connectivity index is 2.50. The molecule has 0 aromatic carbocycles. The van der Waals surface area contributed by atoms with Crippen molar-refractivity contribution in [3.8, 4) is 9.75 Å². The van der Waals surface area contributed by atoms with Gasteiger partial charge in [-0.2, -0.15) is 0 Å². The Morgan fingerprint density at radius 2 is 1.40 bits per heavy atom. The van der Waals surface area contributed by atoms with E-state index >= 15 is 0 Å². The van der Waals surface area contributed by atoms with E-state index in [1.165, 1.54) is 9.75 Å². The first-order chi connectivity index (χ1) is 9.40. The lowest BCUT2D eigenvalue weighted by Gasteiger charge is -2.42. The quantitative estimate of drug-likeness (QED) is 0.562. The van der Waals surface area contributed by atoms with Crippen LogP contribution in [0.4, 0.5) is 0 Å². The zero-order valence-electron chi connectivity index (χ0n) is 13.4. The van der Waals surface area contributed by atoms with E-state index < -0.39 is 8.07 Å². The van der Waals surface area contributed by atoms with Crippen molar-refractivity contribution in [1.82, 2.24) is 0 Å². The normalized spacial score (nSPS) is 12.8. The third-order valence-electron chi connectivity index (χ3n) is 4.66. The van der Waals surface area contributed by atoms with Gasteiger partial charge < -0.3 is 0 Å². The molecular weight excluding hydrogens is 296 g/mol.